The summed E-state index contributed by atoms with van der Waals surface area (Å²) in [6.45, 7) is 2.64. The minimum absolute atomic E-state index is 0.225. The highest BCUT2D eigenvalue weighted by Gasteiger charge is 2.34. The molecule has 2 aromatic rings. The number of unbranched alkanes of at least 4 members (excludes halogenated alkanes) is 3. The molecule has 0 radical (unpaired) electrons. The van der Waals surface area contributed by atoms with Crippen molar-refractivity contribution in [2.24, 2.45) is 5.11 Å². The number of ether oxygens (including phenoxy) is 4. The van der Waals surface area contributed by atoms with E-state index in [0.717, 1.165) is 36.8 Å². The van der Waals surface area contributed by atoms with Crippen LogP contribution in [0.4, 0.5) is 0 Å². The first-order valence-corrected chi connectivity index (χ1v) is 11.6. The summed E-state index contributed by atoms with van der Waals surface area (Å²) in [4.78, 5) is 2.77. The zero-order valence-electron chi connectivity index (χ0n) is 19.0. The lowest BCUT2D eigenvalue weighted by atomic mass is 10.1. The van der Waals surface area contributed by atoms with Crippen LogP contribution in [0.25, 0.3) is 10.4 Å². The van der Waals surface area contributed by atoms with Crippen molar-refractivity contribution in [3.05, 3.63) is 94.6 Å². The topological polar surface area (TPSA) is 85.7 Å². The second-order valence-electron chi connectivity index (χ2n) is 7.97. The lowest BCUT2D eigenvalue weighted by Gasteiger charge is -2.34. The molecule has 0 spiro atoms. The molecule has 176 valence electrons. The fourth-order valence-corrected chi connectivity index (χ4v) is 3.63. The van der Waals surface area contributed by atoms with E-state index in [1.807, 2.05) is 54.6 Å². The first-order valence-electron chi connectivity index (χ1n) is 11.6. The standard InChI is InChI=1S/C26H33N3O4/c27-29-28-16-9-1-2-10-17-30-21-25-26(33-20-23-13-7-4-8-14-23)24(15-18-31-25)32-19-22-11-5-3-6-12-22/h3-8,11-15,18,24-26H,1-2,9-10,16-17,19-21H2/t24-,25-,26+/m1/s1. The highest BCUT2D eigenvalue weighted by atomic mass is 16.6. The quantitative estimate of drug-likeness (QED) is 0.145. The van der Waals surface area contributed by atoms with Gasteiger partial charge in [-0.05, 0) is 35.6 Å². The highest BCUT2D eigenvalue weighted by molar-refractivity contribution is 5.15. The fraction of sp³-hybridized carbons (Fsp3) is 0.462. The zero-order chi connectivity index (χ0) is 23.0. The first kappa shape index (κ1) is 24.8. The van der Waals surface area contributed by atoms with Gasteiger partial charge >= 0.3 is 0 Å². The number of benzene rings is 2. The van der Waals surface area contributed by atoms with Crippen LogP contribution in [-0.4, -0.2) is 38.1 Å². The van der Waals surface area contributed by atoms with Crippen LogP contribution in [0.1, 0.15) is 36.8 Å². The maximum Gasteiger partial charge on any atom is 0.150 e. The molecule has 1 aliphatic rings. The van der Waals surface area contributed by atoms with E-state index < -0.39 is 0 Å². The average molecular weight is 452 g/mol. The third kappa shape index (κ3) is 9.28. The number of nitrogens with zero attached hydrogens (tertiary/aromatic N) is 3. The van der Waals surface area contributed by atoms with Gasteiger partial charge in [-0.25, -0.2) is 0 Å². The Bertz CT molecular complexity index is 856. The van der Waals surface area contributed by atoms with Gasteiger partial charge in [-0.15, -0.1) is 0 Å². The van der Waals surface area contributed by atoms with Gasteiger partial charge in [0, 0.05) is 18.1 Å². The van der Waals surface area contributed by atoms with E-state index in [1.165, 1.54) is 0 Å². The van der Waals surface area contributed by atoms with Crippen LogP contribution in [0.3, 0.4) is 0 Å². The molecular formula is C26H33N3O4. The number of hydrogen-bond donors (Lipinski definition) is 0. The molecule has 0 aromatic heterocycles. The van der Waals surface area contributed by atoms with E-state index in [9.17, 15) is 0 Å². The molecular weight excluding hydrogens is 418 g/mol. The number of azide groups is 1. The second-order valence-corrected chi connectivity index (χ2v) is 7.97. The van der Waals surface area contributed by atoms with Crippen LogP contribution in [0.2, 0.25) is 0 Å². The normalized spacial score (nSPS) is 19.6. The average Bonchev–Trinajstić information content (AvgIpc) is 2.87. The van der Waals surface area contributed by atoms with Gasteiger partial charge in [0.05, 0.1) is 26.1 Å². The van der Waals surface area contributed by atoms with Crippen molar-refractivity contribution in [3.63, 3.8) is 0 Å². The van der Waals surface area contributed by atoms with Crippen LogP contribution in [0, 0.1) is 0 Å². The van der Waals surface area contributed by atoms with Crippen molar-refractivity contribution in [2.45, 2.75) is 57.2 Å². The number of hydrogen-bond acceptors (Lipinski definition) is 5. The first-order chi connectivity index (χ1) is 16.4. The largest absolute Gasteiger partial charge is 0.493 e. The Morgan fingerprint density at radius 2 is 1.52 bits per heavy atom. The summed E-state index contributed by atoms with van der Waals surface area (Å²) in [6, 6.07) is 20.2. The molecule has 2 aromatic carbocycles. The molecule has 0 saturated carbocycles. The summed E-state index contributed by atoms with van der Waals surface area (Å²) in [6.07, 6.45) is 6.82. The Morgan fingerprint density at radius 3 is 2.21 bits per heavy atom. The molecule has 0 aliphatic carbocycles. The van der Waals surface area contributed by atoms with E-state index in [4.69, 9.17) is 24.5 Å². The van der Waals surface area contributed by atoms with Crippen molar-refractivity contribution < 1.29 is 18.9 Å². The van der Waals surface area contributed by atoms with Crippen molar-refractivity contribution >= 4 is 0 Å². The fourth-order valence-electron chi connectivity index (χ4n) is 3.63. The molecule has 0 amide bonds. The Morgan fingerprint density at radius 1 is 0.848 bits per heavy atom. The van der Waals surface area contributed by atoms with Gasteiger partial charge < -0.3 is 18.9 Å². The third-order valence-corrected chi connectivity index (χ3v) is 5.42. The SMILES string of the molecule is [N-]=[N+]=NCCCCCCOC[C@H]1OC=C[C@@H](OCc2ccccc2)[C@@H]1OCc1ccccc1. The minimum Gasteiger partial charge on any atom is -0.493 e. The molecule has 7 heteroatoms. The molecule has 1 aliphatic heterocycles. The minimum atomic E-state index is -0.275. The molecule has 3 rings (SSSR count). The molecule has 7 nitrogen and oxygen atoms in total. The van der Waals surface area contributed by atoms with E-state index in [0.29, 0.717) is 33.0 Å². The zero-order valence-corrected chi connectivity index (χ0v) is 19.0. The monoisotopic (exact) mass is 451 g/mol. The molecule has 0 bridgehead atoms. The lowest BCUT2D eigenvalue weighted by Crippen LogP contribution is -2.45. The maximum atomic E-state index is 8.30. The Hall–Kier alpha value is -2.83. The highest BCUT2D eigenvalue weighted by Crippen LogP contribution is 2.22. The van der Waals surface area contributed by atoms with Crippen LogP contribution < -0.4 is 0 Å². The summed E-state index contributed by atoms with van der Waals surface area (Å²) in [5.74, 6) is 0. The van der Waals surface area contributed by atoms with Gasteiger partial charge in [0.1, 0.15) is 18.3 Å². The lowest BCUT2D eigenvalue weighted by molar-refractivity contribution is -0.146. The summed E-state index contributed by atoms with van der Waals surface area (Å²) in [5, 5.41) is 3.56. The van der Waals surface area contributed by atoms with Gasteiger partial charge in [-0.3, -0.25) is 0 Å². The van der Waals surface area contributed by atoms with Crippen LogP contribution in [0.5, 0.6) is 0 Å². The Balaban J connectivity index is 1.49. The summed E-state index contributed by atoms with van der Waals surface area (Å²) < 4.78 is 24.3. The Labute approximate surface area is 195 Å². The van der Waals surface area contributed by atoms with Crippen LogP contribution in [0.15, 0.2) is 78.1 Å². The van der Waals surface area contributed by atoms with E-state index in [1.54, 1.807) is 6.26 Å². The smallest absolute Gasteiger partial charge is 0.150 e. The van der Waals surface area contributed by atoms with Crippen molar-refractivity contribution in [1.82, 2.24) is 0 Å². The summed E-state index contributed by atoms with van der Waals surface area (Å²) in [7, 11) is 0. The van der Waals surface area contributed by atoms with E-state index in [-0.39, 0.29) is 18.3 Å². The van der Waals surface area contributed by atoms with Gasteiger partial charge in [0.25, 0.3) is 0 Å². The van der Waals surface area contributed by atoms with Crippen molar-refractivity contribution in [2.75, 3.05) is 19.8 Å². The molecule has 0 saturated heterocycles. The van der Waals surface area contributed by atoms with E-state index >= 15 is 0 Å². The predicted octanol–water partition coefficient (Wildman–Crippen LogP) is 5.96. The summed E-state index contributed by atoms with van der Waals surface area (Å²) in [5.41, 5.74) is 10.5. The molecule has 1 heterocycles. The van der Waals surface area contributed by atoms with E-state index in [2.05, 4.69) is 22.2 Å². The maximum absolute atomic E-state index is 8.30. The molecule has 0 N–H and O–H groups in total. The van der Waals surface area contributed by atoms with Gasteiger partial charge in [-0.1, -0.05) is 78.6 Å². The summed E-state index contributed by atoms with van der Waals surface area (Å²) >= 11 is 0. The molecule has 0 unspecified atom stereocenters. The molecule has 0 fully saturated rings. The van der Waals surface area contributed by atoms with Gasteiger partial charge in [0.2, 0.25) is 0 Å². The number of rotatable bonds is 15. The Kier molecular flexibility index (Phi) is 11.3. The van der Waals surface area contributed by atoms with Gasteiger partial charge in [-0.2, -0.15) is 0 Å². The van der Waals surface area contributed by atoms with Crippen molar-refractivity contribution in [3.8, 4) is 0 Å². The molecule has 3 atom stereocenters. The van der Waals surface area contributed by atoms with Crippen LogP contribution in [-0.2, 0) is 32.2 Å². The van der Waals surface area contributed by atoms with Crippen LogP contribution >= 0.6 is 0 Å². The molecule has 33 heavy (non-hydrogen) atoms. The second kappa shape index (κ2) is 15.1. The van der Waals surface area contributed by atoms with Gasteiger partial charge in [0.15, 0.2) is 0 Å². The predicted molar refractivity (Wildman–Crippen MR) is 127 cm³/mol. The van der Waals surface area contributed by atoms with Crippen molar-refractivity contribution in [1.29, 1.82) is 0 Å². The third-order valence-electron chi connectivity index (χ3n) is 5.42.